The van der Waals surface area contributed by atoms with E-state index in [0.717, 1.165) is 18.2 Å². The summed E-state index contributed by atoms with van der Waals surface area (Å²) in [4.78, 5) is 6.54. The molecule has 1 aliphatic heterocycles. The van der Waals surface area contributed by atoms with Crippen molar-refractivity contribution in [3.05, 3.63) is 64.8 Å². The maximum atomic E-state index is 13.6. The molecule has 1 saturated heterocycles. The Labute approximate surface area is 176 Å². The molecule has 0 bridgehead atoms. The van der Waals surface area contributed by atoms with Gasteiger partial charge in [-0.25, -0.2) is 26.6 Å². The van der Waals surface area contributed by atoms with E-state index in [1.54, 1.807) is 12.3 Å². The molecule has 158 valence electrons. The van der Waals surface area contributed by atoms with Gasteiger partial charge in [0.05, 0.1) is 15.8 Å². The predicted molar refractivity (Wildman–Crippen MR) is 111 cm³/mol. The third kappa shape index (κ3) is 3.96. The lowest BCUT2D eigenvalue weighted by atomic mass is 10.1. The minimum atomic E-state index is -3.63. The maximum absolute atomic E-state index is 13.6. The molecule has 1 aliphatic rings. The minimum Gasteiger partial charge on any atom is -0.348 e. The number of piperidine rings is 1. The van der Waals surface area contributed by atoms with Crippen LogP contribution < -0.4 is 4.90 Å². The lowest BCUT2D eigenvalue weighted by Crippen LogP contribution is -2.39. The number of halogens is 3. The van der Waals surface area contributed by atoms with Gasteiger partial charge in [-0.05, 0) is 55.7 Å². The van der Waals surface area contributed by atoms with Gasteiger partial charge in [-0.1, -0.05) is 6.07 Å². The zero-order valence-electron chi connectivity index (χ0n) is 16.1. The molecule has 30 heavy (non-hydrogen) atoms. The van der Waals surface area contributed by atoms with Crippen LogP contribution in [0.4, 0.5) is 18.3 Å². The van der Waals surface area contributed by atoms with Gasteiger partial charge >= 0.3 is 0 Å². The van der Waals surface area contributed by atoms with Crippen LogP contribution in [0.1, 0.15) is 18.4 Å². The van der Waals surface area contributed by atoms with Gasteiger partial charge in [0.15, 0.2) is 26.6 Å². The van der Waals surface area contributed by atoms with Gasteiger partial charge < -0.3 is 4.90 Å². The fourth-order valence-corrected chi connectivity index (χ4v) is 6.49. The lowest BCUT2D eigenvalue weighted by molar-refractivity contribution is 0.509. The van der Waals surface area contributed by atoms with Crippen molar-refractivity contribution in [3.8, 4) is 11.3 Å². The molecular formula is C21H19F3N2O2S2. The van der Waals surface area contributed by atoms with E-state index in [9.17, 15) is 21.6 Å². The quantitative estimate of drug-likeness (QED) is 0.560. The molecule has 0 unspecified atom stereocenters. The van der Waals surface area contributed by atoms with Crippen LogP contribution in [-0.4, -0.2) is 31.7 Å². The van der Waals surface area contributed by atoms with Crippen LogP contribution in [0.15, 0.2) is 46.7 Å². The average Bonchev–Trinajstić information content (AvgIpc) is 3.22. The molecule has 0 atom stereocenters. The first-order valence-corrected chi connectivity index (χ1v) is 11.8. The number of anilines is 1. The van der Waals surface area contributed by atoms with Crippen LogP contribution >= 0.6 is 11.3 Å². The van der Waals surface area contributed by atoms with Gasteiger partial charge in [0.2, 0.25) is 0 Å². The summed E-state index contributed by atoms with van der Waals surface area (Å²) >= 11 is 1.37. The highest BCUT2D eigenvalue weighted by molar-refractivity contribution is 7.92. The number of hydrogen-bond donors (Lipinski definition) is 0. The van der Waals surface area contributed by atoms with Crippen molar-refractivity contribution in [3.63, 3.8) is 0 Å². The first-order valence-electron chi connectivity index (χ1n) is 9.41. The maximum Gasteiger partial charge on any atom is 0.185 e. The van der Waals surface area contributed by atoms with Crippen molar-refractivity contribution in [2.24, 2.45) is 0 Å². The van der Waals surface area contributed by atoms with Gasteiger partial charge in [0, 0.05) is 24.0 Å². The monoisotopic (exact) mass is 452 g/mol. The van der Waals surface area contributed by atoms with Crippen LogP contribution in [0.3, 0.4) is 0 Å². The Bertz CT molecular complexity index is 1190. The number of aromatic nitrogens is 1. The molecule has 9 heteroatoms. The Kier molecular flexibility index (Phi) is 5.59. The van der Waals surface area contributed by atoms with Crippen molar-refractivity contribution in [2.45, 2.75) is 29.9 Å². The van der Waals surface area contributed by atoms with E-state index in [1.807, 2.05) is 4.90 Å². The van der Waals surface area contributed by atoms with Crippen LogP contribution in [-0.2, 0) is 9.84 Å². The Morgan fingerprint density at radius 2 is 1.77 bits per heavy atom. The predicted octanol–water partition coefficient (Wildman–Crippen LogP) is 4.98. The number of hydrogen-bond acceptors (Lipinski definition) is 5. The molecule has 2 heterocycles. The molecular weight excluding hydrogens is 433 g/mol. The van der Waals surface area contributed by atoms with Gasteiger partial charge in [-0.2, -0.15) is 0 Å². The van der Waals surface area contributed by atoms with Crippen LogP contribution in [0.2, 0.25) is 0 Å². The van der Waals surface area contributed by atoms with E-state index in [1.165, 1.54) is 29.5 Å². The van der Waals surface area contributed by atoms with Crippen molar-refractivity contribution in [1.29, 1.82) is 0 Å². The number of aryl methyl sites for hydroxylation is 1. The summed E-state index contributed by atoms with van der Waals surface area (Å²) in [7, 11) is -3.63. The SMILES string of the molecule is Cc1ccc(F)cc1S(=O)(=O)C1CCN(c2nc(-c3ccc(F)c(F)c3)cs2)CC1. The average molecular weight is 453 g/mol. The number of benzene rings is 2. The smallest absolute Gasteiger partial charge is 0.185 e. The standard InChI is InChI=1S/C21H19F3N2O2S2/c1-13-2-4-15(22)11-20(13)30(27,28)16-6-8-26(9-7-16)21-25-19(12-29-21)14-3-5-17(23)18(24)10-14/h2-5,10-12,16H,6-9H2,1H3. The van der Waals surface area contributed by atoms with Gasteiger partial charge in [0.1, 0.15) is 5.82 Å². The Morgan fingerprint density at radius 1 is 1.03 bits per heavy atom. The highest BCUT2D eigenvalue weighted by Gasteiger charge is 2.33. The molecule has 0 aliphatic carbocycles. The number of thiazole rings is 1. The van der Waals surface area contributed by atoms with E-state index >= 15 is 0 Å². The van der Waals surface area contributed by atoms with Crippen molar-refractivity contribution in [1.82, 2.24) is 4.98 Å². The van der Waals surface area contributed by atoms with Crippen molar-refractivity contribution >= 4 is 26.3 Å². The molecule has 4 nitrogen and oxygen atoms in total. The van der Waals surface area contributed by atoms with Crippen molar-refractivity contribution < 1.29 is 21.6 Å². The third-order valence-corrected chi connectivity index (χ3v) is 8.62. The van der Waals surface area contributed by atoms with Crippen LogP contribution in [0.25, 0.3) is 11.3 Å². The van der Waals surface area contributed by atoms with E-state index in [0.29, 0.717) is 47.9 Å². The first-order chi connectivity index (χ1) is 14.3. The summed E-state index contributed by atoms with van der Waals surface area (Å²) in [6.07, 6.45) is 0.802. The van der Waals surface area contributed by atoms with E-state index in [2.05, 4.69) is 4.98 Å². The largest absolute Gasteiger partial charge is 0.348 e. The first kappa shape index (κ1) is 20.9. The molecule has 0 saturated carbocycles. The molecule has 0 amide bonds. The highest BCUT2D eigenvalue weighted by atomic mass is 32.2. The summed E-state index contributed by atoms with van der Waals surface area (Å²) in [6.45, 7) is 2.64. The Hall–Kier alpha value is -2.39. The van der Waals surface area contributed by atoms with Crippen molar-refractivity contribution in [2.75, 3.05) is 18.0 Å². The molecule has 3 aromatic rings. The van der Waals surface area contributed by atoms with Crippen LogP contribution in [0, 0.1) is 24.4 Å². The van der Waals surface area contributed by atoms with E-state index < -0.39 is 32.5 Å². The fourth-order valence-electron chi connectivity index (χ4n) is 3.61. The zero-order chi connectivity index (χ0) is 21.5. The third-order valence-electron chi connectivity index (χ3n) is 5.32. The second-order valence-electron chi connectivity index (χ2n) is 7.29. The molecule has 0 radical (unpaired) electrons. The molecule has 0 N–H and O–H groups in total. The minimum absolute atomic E-state index is 0.0517. The molecule has 1 aromatic heterocycles. The van der Waals surface area contributed by atoms with Gasteiger partial charge in [-0.15, -0.1) is 11.3 Å². The van der Waals surface area contributed by atoms with E-state index in [4.69, 9.17) is 0 Å². The number of sulfone groups is 1. The molecule has 2 aromatic carbocycles. The summed E-state index contributed by atoms with van der Waals surface area (Å²) in [5.41, 5.74) is 1.56. The number of nitrogens with zero attached hydrogens (tertiary/aromatic N) is 2. The normalized spacial score (nSPS) is 15.5. The number of rotatable bonds is 4. The van der Waals surface area contributed by atoms with E-state index in [-0.39, 0.29) is 4.90 Å². The zero-order valence-corrected chi connectivity index (χ0v) is 17.7. The highest BCUT2D eigenvalue weighted by Crippen LogP contribution is 2.32. The Balaban J connectivity index is 1.48. The van der Waals surface area contributed by atoms with Gasteiger partial charge in [0.25, 0.3) is 0 Å². The molecule has 4 rings (SSSR count). The second kappa shape index (κ2) is 8.03. The second-order valence-corrected chi connectivity index (χ2v) is 10.3. The summed E-state index contributed by atoms with van der Waals surface area (Å²) in [6, 6.07) is 7.46. The summed E-state index contributed by atoms with van der Waals surface area (Å²) < 4.78 is 66.2. The fraction of sp³-hybridized carbons (Fsp3) is 0.286. The topological polar surface area (TPSA) is 50.3 Å². The molecule has 0 spiro atoms. The Morgan fingerprint density at radius 3 is 2.47 bits per heavy atom. The van der Waals surface area contributed by atoms with Crippen LogP contribution in [0.5, 0.6) is 0 Å². The van der Waals surface area contributed by atoms with Gasteiger partial charge in [-0.3, -0.25) is 0 Å². The lowest BCUT2D eigenvalue weighted by Gasteiger charge is -2.31. The summed E-state index contributed by atoms with van der Waals surface area (Å²) in [5, 5.41) is 1.88. The summed E-state index contributed by atoms with van der Waals surface area (Å²) in [5.74, 6) is -2.41. The molecule has 1 fully saturated rings.